The maximum Gasteiger partial charge on any atom is 0.264 e. The third-order valence-corrected chi connectivity index (χ3v) is 7.59. The number of halogens is 2. The summed E-state index contributed by atoms with van der Waals surface area (Å²) in [5, 5.41) is 2.92. The Morgan fingerprint density at radius 1 is 0.971 bits per heavy atom. The summed E-state index contributed by atoms with van der Waals surface area (Å²) in [6.45, 7) is 0.955. The van der Waals surface area contributed by atoms with Crippen molar-refractivity contribution >= 4 is 39.1 Å². The van der Waals surface area contributed by atoms with Gasteiger partial charge in [0, 0.05) is 18.6 Å². The highest BCUT2D eigenvalue weighted by Crippen LogP contribution is 2.25. The molecular weight excluding hydrogens is 493 g/mol. The first-order chi connectivity index (χ1) is 16.6. The maximum absolute atomic E-state index is 13.6. The summed E-state index contributed by atoms with van der Waals surface area (Å²) in [5.41, 5.74) is 0.849. The summed E-state index contributed by atoms with van der Waals surface area (Å²) in [6, 6.07) is 18.4. The number of carbonyl (C=O) groups excluding carboxylic acids is 2. The lowest BCUT2D eigenvalue weighted by Gasteiger charge is -2.32. The Morgan fingerprint density at radius 3 is 2.17 bits per heavy atom. The summed E-state index contributed by atoms with van der Waals surface area (Å²) < 4.78 is 41.4. The van der Waals surface area contributed by atoms with E-state index in [-0.39, 0.29) is 17.1 Å². The quantitative estimate of drug-likeness (QED) is 0.467. The van der Waals surface area contributed by atoms with Crippen LogP contribution in [0.3, 0.4) is 0 Å². The zero-order valence-corrected chi connectivity index (χ0v) is 20.8. The van der Waals surface area contributed by atoms with E-state index >= 15 is 0 Å². The van der Waals surface area contributed by atoms with Crippen molar-refractivity contribution in [1.29, 1.82) is 0 Å². The standard InChI is InChI=1S/C25H25ClFN3O4S/c1-18(25(32)28-2)29(16-19-8-6-7-11-23(19)26)24(31)17-30(21-9-4-3-5-10-21)35(33,34)22-14-12-20(27)13-15-22/h3-15,18H,16-17H2,1-2H3,(H,28,32)/t18-/m0/s1. The average Bonchev–Trinajstić information content (AvgIpc) is 2.86. The van der Waals surface area contributed by atoms with E-state index in [0.29, 0.717) is 10.6 Å². The zero-order valence-electron chi connectivity index (χ0n) is 19.2. The molecule has 0 fully saturated rings. The number of benzene rings is 3. The van der Waals surface area contributed by atoms with Crippen molar-refractivity contribution in [3.63, 3.8) is 0 Å². The van der Waals surface area contributed by atoms with Crippen LogP contribution in [0.15, 0.2) is 83.8 Å². The Hall–Kier alpha value is -3.43. The molecular formula is C25H25ClFN3O4S. The molecule has 0 heterocycles. The third-order valence-electron chi connectivity index (χ3n) is 5.44. The molecule has 0 unspecified atom stereocenters. The van der Waals surface area contributed by atoms with Gasteiger partial charge < -0.3 is 10.2 Å². The first-order valence-corrected chi connectivity index (χ1v) is 12.5. The van der Waals surface area contributed by atoms with Crippen LogP contribution in [-0.2, 0) is 26.2 Å². The lowest BCUT2D eigenvalue weighted by molar-refractivity contribution is -0.139. The van der Waals surface area contributed by atoms with E-state index < -0.39 is 40.2 Å². The van der Waals surface area contributed by atoms with Crippen molar-refractivity contribution < 1.29 is 22.4 Å². The molecule has 0 saturated heterocycles. The number of hydrogen-bond acceptors (Lipinski definition) is 4. The fourth-order valence-corrected chi connectivity index (χ4v) is 5.07. The van der Waals surface area contributed by atoms with Crippen LogP contribution >= 0.6 is 11.6 Å². The van der Waals surface area contributed by atoms with Gasteiger partial charge in [0.25, 0.3) is 10.0 Å². The summed E-state index contributed by atoms with van der Waals surface area (Å²) in [7, 11) is -2.79. The molecule has 0 radical (unpaired) electrons. The predicted octanol–water partition coefficient (Wildman–Crippen LogP) is 3.84. The van der Waals surface area contributed by atoms with Crippen LogP contribution in [0.25, 0.3) is 0 Å². The minimum absolute atomic E-state index is 0.00762. The van der Waals surface area contributed by atoms with E-state index in [1.165, 1.54) is 11.9 Å². The SMILES string of the molecule is CNC(=O)[C@H](C)N(Cc1ccccc1Cl)C(=O)CN(c1ccccc1)S(=O)(=O)c1ccc(F)cc1. The van der Waals surface area contributed by atoms with Gasteiger partial charge in [0.05, 0.1) is 10.6 Å². The van der Waals surface area contributed by atoms with E-state index in [4.69, 9.17) is 11.6 Å². The monoisotopic (exact) mass is 517 g/mol. The van der Waals surface area contributed by atoms with E-state index in [1.54, 1.807) is 61.5 Å². The van der Waals surface area contributed by atoms with Gasteiger partial charge in [-0.2, -0.15) is 0 Å². The molecule has 184 valence electrons. The number of sulfonamides is 1. The lowest BCUT2D eigenvalue weighted by atomic mass is 10.1. The summed E-state index contributed by atoms with van der Waals surface area (Å²) >= 11 is 6.28. The Morgan fingerprint density at radius 2 is 1.57 bits per heavy atom. The minimum Gasteiger partial charge on any atom is -0.357 e. The average molecular weight is 518 g/mol. The van der Waals surface area contributed by atoms with Crippen LogP contribution < -0.4 is 9.62 Å². The molecule has 1 N–H and O–H groups in total. The molecule has 3 rings (SSSR count). The van der Waals surface area contributed by atoms with Crippen molar-refractivity contribution in [3.8, 4) is 0 Å². The van der Waals surface area contributed by atoms with Gasteiger partial charge in [-0.05, 0) is 55.0 Å². The van der Waals surface area contributed by atoms with E-state index in [9.17, 15) is 22.4 Å². The minimum atomic E-state index is -4.24. The Labute approximate surface area is 209 Å². The van der Waals surface area contributed by atoms with Gasteiger partial charge in [-0.1, -0.05) is 48.0 Å². The number of nitrogens with one attached hydrogen (secondary N) is 1. The molecule has 0 spiro atoms. The van der Waals surface area contributed by atoms with E-state index in [2.05, 4.69) is 5.32 Å². The number of likely N-dealkylation sites (N-methyl/N-ethyl adjacent to an activating group) is 1. The number of para-hydroxylation sites is 1. The number of amides is 2. The molecule has 1 atom stereocenters. The number of anilines is 1. The van der Waals surface area contributed by atoms with Crippen molar-refractivity contribution in [2.45, 2.75) is 24.4 Å². The summed E-state index contributed by atoms with van der Waals surface area (Å²) in [6.07, 6.45) is 0. The molecule has 35 heavy (non-hydrogen) atoms. The number of nitrogens with zero attached hydrogens (tertiary/aromatic N) is 2. The highest BCUT2D eigenvalue weighted by Gasteiger charge is 2.32. The van der Waals surface area contributed by atoms with Gasteiger partial charge in [-0.3, -0.25) is 13.9 Å². The molecule has 0 aliphatic rings. The van der Waals surface area contributed by atoms with Gasteiger partial charge >= 0.3 is 0 Å². The molecule has 0 aromatic heterocycles. The molecule has 0 saturated carbocycles. The molecule has 10 heteroatoms. The van der Waals surface area contributed by atoms with Gasteiger partial charge in [0.2, 0.25) is 11.8 Å². The topological polar surface area (TPSA) is 86.8 Å². The van der Waals surface area contributed by atoms with E-state index in [0.717, 1.165) is 28.6 Å². The van der Waals surface area contributed by atoms with Crippen LogP contribution in [0.1, 0.15) is 12.5 Å². The number of rotatable bonds is 9. The maximum atomic E-state index is 13.6. The fourth-order valence-electron chi connectivity index (χ4n) is 3.46. The van der Waals surface area contributed by atoms with Gasteiger partial charge in [0.1, 0.15) is 18.4 Å². The summed E-state index contributed by atoms with van der Waals surface area (Å²) in [4.78, 5) is 27.1. The smallest absolute Gasteiger partial charge is 0.264 e. The largest absolute Gasteiger partial charge is 0.357 e. The van der Waals surface area contributed by atoms with Crippen molar-refractivity contribution in [2.75, 3.05) is 17.9 Å². The van der Waals surface area contributed by atoms with Crippen molar-refractivity contribution in [2.24, 2.45) is 0 Å². The summed E-state index contributed by atoms with van der Waals surface area (Å²) in [5.74, 6) is -1.62. The van der Waals surface area contributed by atoms with Gasteiger partial charge in [-0.25, -0.2) is 12.8 Å². The highest BCUT2D eigenvalue weighted by atomic mass is 35.5. The molecule has 0 aliphatic carbocycles. The van der Waals surface area contributed by atoms with Crippen molar-refractivity contribution in [1.82, 2.24) is 10.2 Å². The molecule has 7 nitrogen and oxygen atoms in total. The lowest BCUT2D eigenvalue weighted by Crippen LogP contribution is -2.50. The van der Waals surface area contributed by atoms with E-state index in [1.807, 2.05) is 0 Å². The molecule has 2 amide bonds. The molecule has 3 aromatic carbocycles. The Balaban J connectivity index is 2.01. The first kappa shape index (κ1) is 26.2. The molecule has 0 bridgehead atoms. The van der Waals surface area contributed by atoms with Crippen LogP contribution in [0.2, 0.25) is 5.02 Å². The first-order valence-electron chi connectivity index (χ1n) is 10.7. The highest BCUT2D eigenvalue weighted by molar-refractivity contribution is 7.92. The fraction of sp³-hybridized carbons (Fsp3) is 0.200. The van der Waals surface area contributed by atoms with Crippen LogP contribution in [0.5, 0.6) is 0 Å². The second-order valence-electron chi connectivity index (χ2n) is 7.70. The van der Waals surface area contributed by atoms with Crippen LogP contribution in [0.4, 0.5) is 10.1 Å². The van der Waals surface area contributed by atoms with Crippen LogP contribution in [0, 0.1) is 5.82 Å². The number of carbonyl (C=O) groups is 2. The van der Waals surface area contributed by atoms with Crippen molar-refractivity contribution in [3.05, 3.63) is 95.3 Å². The Bertz CT molecular complexity index is 1290. The molecule has 0 aliphatic heterocycles. The van der Waals surface area contributed by atoms with Gasteiger partial charge in [0.15, 0.2) is 0 Å². The third kappa shape index (κ3) is 6.17. The van der Waals surface area contributed by atoms with Gasteiger partial charge in [-0.15, -0.1) is 0 Å². The second kappa shape index (κ2) is 11.3. The molecule has 3 aromatic rings. The normalized spacial score (nSPS) is 12.0. The predicted molar refractivity (Wildman–Crippen MR) is 133 cm³/mol. The van der Waals surface area contributed by atoms with Crippen LogP contribution in [-0.4, -0.2) is 44.8 Å². The number of hydrogen-bond donors (Lipinski definition) is 1. The zero-order chi connectivity index (χ0) is 25.6. The second-order valence-corrected chi connectivity index (χ2v) is 9.97. The Kier molecular flexibility index (Phi) is 8.48.